The van der Waals surface area contributed by atoms with E-state index in [2.05, 4.69) is 5.32 Å². The lowest BCUT2D eigenvalue weighted by molar-refractivity contribution is -0.116. The zero-order valence-corrected chi connectivity index (χ0v) is 15.0. The van der Waals surface area contributed by atoms with Gasteiger partial charge >= 0.3 is 5.97 Å². The van der Waals surface area contributed by atoms with Crippen molar-refractivity contribution in [3.05, 3.63) is 64.7 Å². The molecule has 0 spiro atoms. The van der Waals surface area contributed by atoms with Crippen LogP contribution in [0.3, 0.4) is 0 Å². The Kier molecular flexibility index (Phi) is 7.48. The number of unbranched alkanes of at least 4 members (excludes halogenated alkanes) is 1. The van der Waals surface area contributed by atoms with Crippen molar-refractivity contribution >= 4 is 29.2 Å². The predicted molar refractivity (Wildman–Crippen MR) is 100 cm³/mol. The highest BCUT2D eigenvalue weighted by atomic mass is 35.5. The Labute approximate surface area is 153 Å². The van der Waals surface area contributed by atoms with Crippen LogP contribution in [0.4, 0.5) is 5.69 Å². The molecule has 1 amide bonds. The highest BCUT2D eigenvalue weighted by Crippen LogP contribution is 2.13. The summed E-state index contributed by atoms with van der Waals surface area (Å²) in [5, 5.41) is 3.51. The third-order valence-corrected chi connectivity index (χ3v) is 3.94. The lowest BCUT2D eigenvalue weighted by Gasteiger charge is -2.07. The maximum Gasteiger partial charge on any atom is 0.338 e. The second kappa shape index (κ2) is 9.84. The Morgan fingerprint density at radius 1 is 1.04 bits per heavy atom. The number of benzene rings is 2. The van der Waals surface area contributed by atoms with E-state index in [0.29, 0.717) is 35.7 Å². The van der Waals surface area contributed by atoms with E-state index in [1.807, 2.05) is 31.2 Å². The molecule has 1 N–H and O–H groups in total. The van der Waals surface area contributed by atoms with Gasteiger partial charge in [-0.2, -0.15) is 0 Å². The van der Waals surface area contributed by atoms with Crippen LogP contribution in [0.25, 0.3) is 0 Å². The molecule has 0 saturated carbocycles. The highest BCUT2D eigenvalue weighted by molar-refractivity contribution is 6.30. The van der Waals surface area contributed by atoms with Gasteiger partial charge in [0.15, 0.2) is 0 Å². The normalized spacial score (nSPS) is 10.3. The van der Waals surface area contributed by atoms with Crippen LogP contribution in [0.2, 0.25) is 5.02 Å². The molecule has 0 aliphatic rings. The molecule has 0 aliphatic carbocycles. The Balaban J connectivity index is 1.80. The Bertz CT molecular complexity index is 696. The van der Waals surface area contributed by atoms with E-state index in [1.165, 1.54) is 0 Å². The molecule has 132 valence electrons. The third kappa shape index (κ3) is 6.59. The van der Waals surface area contributed by atoms with Crippen LogP contribution in [0.1, 0.15) is 42.1 Å². The second-order valence-corrected chi connectivity index (χ2v) is 6.18. The fourth-order valence-corrected chi connectivity index (χ4v) is 2.34. The number of ether oxygens (including phenoxy) is 1. The van der Waals surface area contributed by atoms with Crippen molar-refractivity contribution in [2.24, 2.45) is 0 Å². The number of halogens is 1. The molecule has 0 aliphatic heterocycles. The summed E-state index contributed by atoms with van der Waals surface area (Å²) in [6, 6.07) is 14.2. The predicted octanol–water partition coefficient (Wildman–Crippen LogP) is 4.87. The molecule has 5 heteroatoms. The molecule has 0 aromatic heterocycles. The Morgan fingerprint density at radius 2 is 1.72 bits per heavy atom. The summed E-state index contributed by atoms with van der Waals surface area (Å²) in [5.74, 6) is -0.415. The van der Waals surface area contributed by atoms with E-state index >= 15 is 0 Å². The standard InChI is InChI=1S/C20H22ClNO3/c1-2-3-14-25-20(24)16-7-11-18(12-8-16)22-19(23)13-6-15-4-9-17(21)10-5-15/h4-5,7-12H,2-3,6,13-14H2,1H3,(H,22,23). The molecule has 0 atom stereocenters. The largest absolute Gasteiger partial charge is 0.462 e. The summed E-state index contributed by atoms with van der Waals surface area (Å²) in [6.45, 7) is 2.47. The van der Waals surface area contributed by atoms with Crippen molar-refractivity contribution in [2.75, 3.05) is 11.9 Å². The summed E-state index contributed by atoms with van der Waals surface area (Å²) in [7, 11) is 0. The van der Waals surface area contributed by atoms with Crippen LogP contribution in [-0.2, 0) is 16.0 Å². The molecule has 2 aromatic carbocycles. The van der Waals surface area contributed by atoms with Crippen molar-refractivity contribution in [2.45, 2.75) is 32.6 Å². The molecule has 0 bridgehead atoms. The van der Waals surface area contributed by atoms with Gasteiger partial charge in [-0.1, -0.05) is 37.1 Å². The second-order valence-electron chi connectivity index (χ2n) is 5.74. The van der Waals surface area contributed by atoms with Gasteiger partial charge in [0, 0.05) is 17.1 Å². The molecular formula is C20H22ClNO3. The summed E-state index contributed by atoms with van der Waals surface area (Å²) in [4.78, 5) is 23.8. The van der Waals surface area contributed by atoms with Crippen molar-refractivity contribution in [3.63, 3.8) is 0 Å². The first kappa shape index (κ1) is 19.0. The zero-order chi connectivity index (χ0) is 18.1. The number of esters is 1. The minimum atomic E-state index is -0.339. The monoisotopic (exact) mass is 359 g/mol. The number of carbonyl (C=O) groups is 2. The molecule has 0 heterocycles. The van der Waals surface area contributed by atoms with E-state index in [-0.39, 0.29) is 11.9 Å². The van der Waals surface area contributed by atoms with Gasteiger partial charge in [0.1, 0.15) is 0 Å². The summed E-state index contributed by atoms with van der Waals surface area (Å²) in [5.41, 5.74) is 2.20. The first-order valence-electron chi connectivity index (χ1n) is 8.40. The quantitative estimate of drug-likeness (QED) is 0.540. The van der Waals surface area contributed by atoms with Crippen LogP contribution < -0.4 is 5.32 Å². The molecule has 2 aromatic rings. The van der Waals surface area contributed by atoms with E-state index < -0.39 is 0 Å². The Morgan fingerprint density at radius 3 is 2.36 bits per heavy atom. The van der Waals surface area contributed by atoms with Gasteiger partial charge in [-0.25, -0.2) is 4.79 Å². The van der Waals surface area contributed by atoms with Crippen LogP contribution in [0, 0.1) is 0 Å². The van der Waals surface area contributed by atoms with E-state index in [1.54, 1.807) is 24.3 Å². The summed E-state index contributed by atoms with van der Waals surface area (Å²) < 4.78 is 5.15. The Hall–Kier alpha value is -2.33. The maximum absolute atomic E-state index is 12.0. The fourth-order valence-electron chi connectivity index (χ4n) is 2.21. The molecule has 25 heavy (non-hydrogen) atoms. The smallest absolute Gasteiger partial charge is 0.338 e. The lowest BCUT2D eigenvalue weighted by atomic mass is 10.1. The lowest BCUT2D eigenvalue weighted by Crippen LogP contribution is -2.12. The number of anilines is 1. The first-order valence-corrected chi connectivity index (χ1v) is 8.77. The van der Waals surface area contributed by atoms with Gasteiger partial charge in [-0.15, -0.1) is 0 Å². The molecule has 0 saturated heterocycles. The van der Waals surface area contributed by atoms with Gasteiger partial charge in [-0.3, -0.25) is 4.79 Å². The van der Waals surface area contributed by atoms with Gasteiger partial charge in [0.2, 0.25) is 5.91 Å². The first-order chi connectivity index (χ1) is 12.1. The minimum Gasteiger partial charge on any atom is -0.462 e. The van der Waals surface area contributed by atoms with Crippen molar-refractivity contribution in [1.29, 1.82) is 0 Å². The average molecular weight is 360 g/mol. The van der Waals surface area contributed by atoms with Crippen LogP contribution >= 0.6 is 11.6 Å². The number of rotatable bonds is 8. The van der Waals surface area contributed by atoms with E-state index in [9.17, 15) is 9.59 Å². The third-order valence-electron chi connectivity index (χ3n) is 3.69. The molecule has 2 rings (SSSR count). The van der Waals surface area contributed by atoms with E-state index in [0.717, 1.165) is 18.4 Å². The maximum atomic E-state index is 12.0. The number of nitrogens with one attached hydrogen (secondary N) is 1. The number of hydrogen-bond acceptors (Lipinski definition) is 3. The molecule has 0 unspecified atom stereocenters. The van der Waals surface area contributed by atoms with Gasteiger partial charge < -0.3 is 10.1 Å². The van der Waals surface area contributed by atoms with Crippen LogP contribution in [0.15, 0.2) is 48.5 Å². The van der Waals surface area contributed by atoms with E-state index in [4.69, 9.17) is 16.3 Å². The minimum absolute atomic E-state index is 0.0757. The van der Waals surface area contributed by atoms with Gasteiger partial charge in [-0.05, 0) is 54.8 Å². The SMILES string of the molecule is CCCCOC(=O)c1ccc(NC(=O)CCc2ccc(Cl)cc2)cc1. The highest BCUT2D eigenvalue weighted by Gasteiger charge is 2.08. The van der Waals surface area contributed by atoms with Gasteiger partial charge in [0.25, 0.3) is 0 Å². The van der Waals surface area contributed by atoms with Crippen molar-refractivity contribution in [3.8, 4) is 0 Å². The van der Waals surface area contributed by atoms with Crippen LogP contribution in [-0.4, -0.2) is 18.5 Å². The van der Waals surface area contributed by atoms with Crippen LogP contribution in [0.5, 0.6) is 0 Å². The molecule has 0 radical (unpaired) electrons. The average Bonchev–Trinajstić information content (AvgIpc) is 2.62. The van der Waals surface area contributed by atoms with Crippen molar-refractivity contribution < 1.29 is 14.3 Å². The fraction of sp³-hybridized carbons (Fsp3) is 0.300. The number of amides is 1. The summed E-state index contributed by atoms with van der Waals surface area (Å²) in [6.07, 6.45) is 2.86. The molecule has 0 fully saturated rings. The molecular weight excluding hydrogens is 338 g/mol. The zero-order valence-electron chi connectivity index (χ0n) is 14.3. The number of hydrogen-bond donors (Lipinski definition) is 1. The summed E-state index contributed by atoms with van der Waals surface area (Å²) >= 11 is 5.84. The topological polar surface area (TPSA) is 55.4 Å². The number of aryl methyl sites for hydroxylation is 1. The van der Waals surface area contributed by atoms with Gasteiger partial charge in [0.05, 0.1) is 12.2 Å². The van der Waals surface area contributed by atoms with Crippen molar-refractivity contribution in [1.82, 2.24) is 0 Å². The number of carbonyl (C=O) groups excluding carboxylic acids is 2. The molecule has 4 nitrogen and oxygen atoms in total.